The van der Waals surface area contributed by atoms with E-state index in [-0.39, 0.29) is 31.0 Å². The van der Waals surface area contributed by atoms with E-state index in [1.165, 1.54) is 11.0 Å². The Morgan fingerprint density at radius 2 is 1.82 bits per heavy atom. The summed E-state index contributed by atoms with van der Waals surface area (Å²) in [5.41, 5.74) is 1.04. The number of carbonyl (C=O) groups excluding carboxylic acids is 2. The van der Waals surface area contributed by atoms with Crippen molar-refractivity contribution < 1.29 is 32.2 Å². The molecule has 0 spiro atoms. The predicted molar refractivity (Wildman–Crippen MR) is 147 cm³/mol. The van der Waals surface area contributed by atoms with Gasteiger partial charge in [0, 0.05) is 18.7 Å². The molecule has 1 fully saturated rings. The number of anilines is 1. The molecule has 1 N–H and O–H groups in total. The lowest BCUT2D eigenvalue weighted by molar-refractivity contribution is -0.140. The first kappa shape index (κ1) is 28.5. The molecular formula is C28H37N3O7S. The Hall–Kier alpha value is -3.47. The molecule has 2 aliphatic rings. The minimum absolute atomic E-state index is 0.0409. The SMILES string of the molecule is CCC(C(=O)NC1CCCCC1)N(Cc1cccc(OC)c1)C(=O)CN(c1ccc2c(c1)OCO2)S(C)(=O)=O. The summed E-state index contributed by atoms with van der Waals surface area (Å²) >= 11 is 0. The van der Waals surface area contributed by atoms with E-state index < -0.39 is 28.5 Å². The van der Waals surface area contributed by atoms with Gasteiger partial charge in [0.25, 0.3) is 0 Å². The van der Waals surface area contributed by atoms with Crippen molar-refractivity contribution >= 4 is 27.5 Å². The molecule has 0 bridgehead atoms. The van der Waals surface area contributed by atoms with Crippen molar-refractivity contribution in [1.82, 2.24) is 10.2 Å². The number of hydrogen-bond acceptors (Lipinski definition) is 7. The van der Waals surface area contributed by atoms with Crippen LogP contribution < -0.4 is 23.8 Å². The summed E-state index contributed by atoms with van der Waals surface area (Å²) < 4.78 is 42.8. The standard InChI is InChI=1S/C28H37N3O7S/c1-4-24(28(33)29-21-10-6-5-7-11-21)30(17-20-9-8-12-23(15-20)36-2)27(32)18-31(39(3,34)35)22-13-14-25-26(16-22)38-19-37-25/h8-9,12-16,21,24H,4-7,10-11,17-19H2,1-3H3,(H,29,33). The molecule has 2 aromatic carbocycles. The number of hydrogen-bond donors (Lipinski definition) is 1. The van der Waals surface area contributed by atoms with Gasteiger partial charge in [0.05, 0.1) is 19.1 Å². The highest BCUT2D eigenvalue weighted by Crippen LogP contribution is 2.36. The third-order valence-electron chi connectivity index (χ3n) is 7.15. The quantitative estimate of drug-likeness (QED) is 0.449. The fraction of sp³-hybridized carbons (Fsp3) is 0.500. The lowest BCUT2D eigenvalue weighted by Gasteiger charge is -2.34. The Bertz CT molecular complexity index is 1280. The van der Waals surface area contributed by atoms with E-state index in [1.54, 1.807) is 31.4 Å². The van der Waals surface area contributed by atoms with E-state index in [2.05, 4.69) is 5.32 Å². The number of nitrogens with zero attached hydrogens (tertiary/aromatic N) is 2. The first-order valence-corrected chi connectivity index (χ1v) is 15.1. The molecule has 212 valence electrons. The molecule has 4 rings (SSSR count). The maximum Gasteiger partial charge on any atom is 0.244 e. The number of benzene rings is 2. The summed E-state index contributed by atoms with van der Waals surface area (Å²) in [7, 11) is -2.29. The number of nitrogens with one attached hydrogen (secondary N) is 1. The molecule has 1 aliphatic carbocycles. The zero-order valence-corrected chi connectivity index (χ0v) is 23.5. The normalized spacial score (nSPS) is 15.9. The van der Waals surface area contributed by atoms with Crippen molar-refractivity contribution in [3.05, 3.63) is 48.0 Å². The van der Waals surface area contributed by atoms with Gasteiger partial charge in [0.1, 0.15) is 18.3 Å². The highest BCUT2D eigenvalue weighted by molar-refractivity contribution is 7.92. The lowest BCUT2D eigenvalue weighted by atomic mass is 9.95. The molecule has 10 nitrogen and oxygen atoms in total. The molecule has 1 aliphatic heterocycles. The zero-order chi connectivity index (χ0) is 28.0. The van der Waals surface area contributed by atoms with Gasteiger partial charge < -0.3 is 24.4 Å². The van der Waals surface area contributed by atoms with Gasteiger partial charge in [-0.2, -0.15) is 0 Å². The minimum Gasteiger partial charge on any atom is -0.497 e. The van der Waals surface area contributed by atoms with Crippen molar-refractivity contribution in [3.63, 3.8) is 0 Å². The van der Waals surface area contributed by atoms with Crippen LogP contribution >= 0.6 is 0 Å². The van der Waals surface area contributed by atoms with E-state index in [9.17, 15) is 18.0 Å². The molecule has 1 unspecified atom stereocenters. The van der Waals surface area contributed by atoms with Gasteiger partial charge in [-0.1, -0.05) is 38.3 Å². The van der Waals surface area contributed by atoms with Crippen LogP contribution in [0.15, 0.2) is 42.5 Å². The monoisotopic (exact) mass is 559 g/mol. The van der Waals surface area contributed by atoms with Gasteiger partial charge in [-0.15, -0.1) is 0 Å². The number of fused-ring (bicyclic) bond motifs is 1. The highest BCUT2D eigenvalue weighted by atomic mass is 32.2. The molecule has 0 radical (unpaired) electrons. The Morgan fingerprint density at radius 1 is 1.08 bits per heavy atom. The van der Waals surface area contributed by atoms with Crippen LogP contribution in [0.4, 0.5) is 5.69 Å². The summed E-state index contributed by atoms with van der Waals surface area (Å²) in [6.07, 6.45) is 6.53. The second-order valence-electron chi connectivity index (χ2n) is 9.95. The molecule has 0 aromatic heterocycles. The highest BCUT2D eigenvalue weighted by Gasteiger charge is 2.33. The maximum atomic E-state index is 13.9. The van der Waals surface area contributed by atoms with E-state index in [0.717, 1.165) is 48.2 Å². The Balaban J connectivity index is 1.63. The second kappa shape index (κ2) is 12.6. The van der Waals surface area contributed by atoms with E-state index in [1.807, 2.05) is 19.1 Å². The fourth-order valence-corrected chi connectivity index (χ4v) is 5.93. The van der Waals surface area contributed by atoms with E-state index in [4.69, 9.17) is 14.2 Å². The van der Waals surface area contributed by atoms with Crippen molar-refractivity contribution in [2.75, 3.05) is 31.0 Å². The van der Waals surface area contributed by atoms with Gasteiger partial charge in [-0.3, -0.25) is 13.9 Å². The summed E-state index contributed by atoms with van der Waals surface area (Å²) in [5.74, 6) is 0.808. The van der Waals surface area contributed by atoms with Crippen LogP contribution in [0.25, 0.3) is 0 Å². The molecule has 1 saturated carbocycles. The summed E-state index contributed by atoms with van der Waals surface area (Å²) in [6.45, 7) is 1.53. The Labute approximate surface area is 230 Å². The van der Waals surface area contributed by atoms with Crippen molar-refractivity contribution in [3.8, 4) is 17.2 Å². The number of sulfonamides is 1. The third kappa shape index (κ3) is 7.14. The molecule has 39 heavy (non-hydrogen) atoms. The van der Waals surface area contributed by atoms with Gasteiger partial charge in [0.15, 0.2) is 11.5 Å². The topological polar surface area (TPSA) is 114 Å². The zero-order valence-electron chi connectivity index (χ0n) is 22.7. The molecular weight excluding hydrogens is 522 g/mol. The average molecular weight is 560 g/mol. The maximum absolute atomic E-state index is 13.9. The van der Waals surface area contributed by atoms with Gasteiger partial charge in [-0.05, 0) is 49.1 Å². The molecule has 1 heterocycles. The Kier molecular flexibility index (Phi) is 9.21. The molecule has 0 saturated heterocycles. The van der Waals surface area contributed by atoms with Crippen LogP contribution in [0.5, 0.6) is 17.2 Å². The molecule has 2 aromatic rings. The first-order valence-electron chi connectivity index (χ1n) is 13.3. The van der Waals surface area contributed by atoms with Gasteiger partial charge in [-0.25, -0.2) is 8.42 Å². The average Bonchev–Trinajstić information content (AvgIpc) is 3.39. The number of amides is 2. The third-order valence-corrected chi connectivity index (χ3v) is 8.29. The van der Waals surface area contributed by atoms with Crippen LogP contribution in [-0.2, 0) is 26.2 Å². The number of rotatable bonds is 11. The lowest BCUT2D eigenvalue weighted by Crippen LogP contribution is -2.53. The molecule has 2 amide bonds. The summed E-state index contributed by atoms with van der Waals surface area (Å²) in [5, 5.41) is 3.14. The smallest absolute Gasteiger partial charge is 0.244 e. The van der Waals surface area contributed by atoms with Crippen molar-refractivity contribution in [1.29, 1.82) is 0 Å². The first-order chi connectivity index (χ1) is 18.7. The largest absolute Gasteiger partial charge is 0.497 e. The van der Waals surface area contributed by atoms with Gasteiger partial charge in [0.2, 0.25) is 28.6 Å². The van der Waals surface area contributed by atoms with Crippen molar-refractivity contribution in [2.45, 2.75) is 64.1 Å². The van der Waals surface area contributed by atoms with E-state index >= 15 is 0 Å². The van der Waals surface area contributed by atoms with E-state index in [0.29, 0.717) is 23.7 Å². The van der Waals surface area contributed by atoms with Crippen LogP contribution in [-0.4, -0.2) is 63.9 Å². The molecule has 1 atom stereocenters. The van der Waals surface area contributed by atoms with Crippen molar-refractivity contribution in [2.24, 2.45) is 0 Å². The van der Waals surface area contributed by atoms with Crippen LogP contribution in [0, 0.1) is 0 Å². The second-order valence-corrected chi connectivity index (χ2v) is 11.9. The number of carbonyl (C=O) groups is 2. The predicted octanol–water partition coefficient (Wildman–Crippen LogP) is 3.45. The fourth-order valence-electron chi connectivity index (χ4n) is 5.09. The van der Waals surface area contributed by atoms with Crippen LogP contribution in [0.3, 0.4) is 0 Å². The number of ether oxygens (including phenoxy) is 3. The summed E-state index contributed by atoms with van der Waals surface area (Å²) in [4.78, 5) is 28.9. The van der Waals surface area contributed by atoms with Crippen LogP contribution in [0.2, 0.25) is 0 Å². The summed E-state index contributed by atoms with van der Waals surface area (Å²) in [6, 6.07) is 11.3. The minimum atomic E-state index is -3.85. The van der Waals surface area contributed by atoms with Gasteiger partial charge >= 0.3 is 0 Å². The Morgan fingerprint density at radius 3 is 2.51 bits per heavy atom. The number of methoxy groups -OCH3 is 1. The van der Waals surface area contributed by atoms with Crippen LogP contribution in [0.1, 0.15) is 51.0 Å². The molecule has 11 heteroatoms.